The van der Waals surface area contributed by atoms with Crippen molar-refractivity contribution in [3.63, 3.8) is 0 Å². The molecule has 1 heterocycles. The third kappa shape index (κ3) is 4.43. The third-order valence-electron chi connectivity index (χ3n) is 4.88. The number of carboxylic acid groups (broad SMARTS) is 1. The van der Waals surface area contributed by atoms with E-state index in [0.717, 1.165) is 32.4 Å². The summed E-state index contributed by atoms with van der Waals surface area (Å²) >= 11 is 0. The van der Waals surface area contributed by atoms with Gasteiger partial charge in [-0.2, -0.15) is 0 Å². The molecule has 0 radical (unpaired) electrons. The van der Waals surface area contributed by atoms with Crippen LogP contribution in [-0.4, -0.2) is 48.1 Å². The van der Waals surface area contributed by atoms with Gasteiger partial charge in [0.05, 0.1) is 12.5 Å². The predicted molar refractivity (Wildman–Crippen MR) is 80.9 cm³/mol. The number of piperidine rings is 1. The summed E-state index contributed by atoms with van der Waals surface area (Å²) in [7, 11) is 0. The van der Waals surface area contributed by atoms with Crippen LogP contribution in [0.5, 0.6) is 0 Å². The topological polar surface area (TPSA) is 69.6 Å². The maximum atomic E-state index is 12.2. The van der Waals surface area contributed by atoms with Crippen molar-refractivity contribution in [2.45, 2.75) is 39.5 Å². The lowest BCUT2D eigenvalue weighted by atomic mass is 9.92. The summed E-state index contributed by atoms with van der Waals surface area (Å²) in [6.07, 6.45) is 3.91. The Hall–Kier alpha value is -1.10. The second-order valence-corrected chi connectivity index (χ2v) is 7.01. The molecular weight excluding hydrogens is 268 g/mol. The maximum absolute atomic E-state index is 12.2. The number of hydrogen-bond donors (Lipinski definition) is 2. The van der Waals surface area contributed by atoms with E-state index in [2.05, 4.69) is 19.2 Å². The SMILES string of the molecule is CC1CC(C)CN(C(=O)CNCC2CCCC2C(=O)O)C1. The molecule has 4 atom stereocenters. The summed E-state index contributed by atoms with van der Waals surface area (Å²) in [6.45, 7) is 7.07. The number of carbonyl (C=O) groups is 2. The molecule has 1 saturated heterocycles. The lowest BCUT2D eigenvalue weighted by Gasteiger charge is -2.35. The summed E-state index contributed by atoms with van der Waals surface area (Å²) in [5.74, 6) is 0.549. The van der Waals surface area contributed by atoms with Gasteiger partial charge in [0, 0.05) is 13.1 Å². The van der Waals surface area contributed by atoms with Gasteiger partial charge >= 0.3 is 5.97 Å². The lowest BCUT2D eigenvalue weighted by Crippen LogP contribution is -2.46. The Balaban J connectivity index is 1.73. The molecule has 2 fully saturated rings. The van der Waals surface area contributed by atoms with Crippen molar-refractivity contribution in [3.8, 4) is 0 Å². The van der Waals surface area contributed by atoms with Gasteiger partial charge in [-0.3, -0.25) is 9.59 Å². The quantitative estimate of drug-likeness (QED) is 0.808. The first-order valence-electron chi connectivity index (χ1n) is 8.18. The normalized spacial score (nSPS) is 33.1. The standard InChI is InChI=1S/C16H28N2O3/c1-11-6-12(2)10-18(9-11)15(19)8-17-7-13-4-3-5-14(13)16(20)21/h11-14,17H,3-10H2,1-2H3,(H,20,21). The third-order valence-corrected chi connectivity index (χ3v) is 4.88. The molecule has 120 valence electrons. The van der Waals surface area contributed by atoms with E-state index in [1.807, 2.05) is 4.90 Å². The minimum absolute atomic E-state index is 0.151. The van der Waals surface area contributed by atoms with Crippen LogP contribution in [0.2, 0.25) is 0 Å². The van der Waals surface area contributed by atoms with Crippen molar-refractivity contribution in [2.75, 3.05) is 26.2 Å². The zero-order chi connectivity index (χ0) is 15.4. The molecule has 0 spiro atoms. The van der Waals surface area contributed by atoms with E-state index in [1.165, 1.54) is 6.42 Å². The van der Waals surface area contributed by atoms with Crippen LogP contribution in [0.1, 0.15) is 39.5 Å². The van der Waals surface area contributed by atoms with Crippen LogP contribution < -0.4 is 5.32 Å². The molecule has 2 N–H and O–H groups in total. The molecule has 5 heteroatoms. The minimum Gasteiger partial charge on any atom is -0.481 e. The number of rotatable bonds is 5. The van der Waals surface area contributed by atoms with Crippen molar-refractivity contribution in [1.29, 1.82) is 0 Å². The van der Waals surface area contributed by atoms with Crippen LogP contribution in [0, 0.1) is 23.7 Å². The van der Waals surface area contributed by atoms with Crippen molar-refractivity contribution in [2.24, 2.45) is 23.7 Å². The molecule has 2 aliphatic rings. The molecule has 0 bridgehead atoms. The van der Waals surface area contributed by atoms with Gasteiger partial charge in [0.15, 0.2) is 0 Å². The van der Waals surface area contributed by atoms with Crippen LogP contribution in [0.25, 0.3) is 0 Å². The average molecular weight is 296 g/mol. The van der Waals surface area contributed by atoms with Gasteiger partial charge in [-0.15, -0.1) is 0 Å². The van der Waals surface area contributed by atoms with E-state index in [9.17, 15) is 9.59 Å². The summed E-state index contributed by atoms with van der Waals surface area (Å²) < 4.78 is 0. The second kappa shape index (κ2) is 7.25. The number of amides is 1. The van der Waals surface area contributed by atoms with E-state index in [4.69, 9.17) is 5.11 Å². The van der Waals surface area contributed by atoms with Gasteiger partial charge in [-0.1, -0.05) is 20.3 Å². The Morgan fingerprint density at radius 1 is 1.19 bits per heavy atom. The molecule has 1 saturated carbocycles. The zero-order valence-corrected chi connectivity index (χ0v) is 13.2. The van der Waals surface area contributed by atoms with Crippen molar-refractivity contribution >= 4 is 11.9 Å². The molecule has 2 rings (SSSR count). The molecule has 0 aromatic rings. The smallest absolute Gasteiger partial charge is 0.306 e. The number of nitrogens with one attached hydrogen (secondary N) is 1. The summed E-state index contributed by atoms with van der Waals surface area (Å²) in [4.78, 5) is 25.3. The molecule has 21 heavy (non-hydrogen) atoms. The number of hydrogen-bond acceptors (Lipinski definition) is 3. The highest BCUT2D eigenvalue weighted by Gasteiger charge is 2.32. The van der Waals surface area contributed by atoms with Gasteiger partial charge < -0.3 is 15.3 Å². The predicted octanol–water partition coefficient (Wildman–Crippen LogP) is 1.58. The van der Waals surface area contributed by atoms with Gasteiger partial charge in [-0.25, -0.2) is 0 Å². The molecule has 1 aliphatic carbocycles. The molecule has 0 aromatic carbocycles. The van der Waals surface area contributed by atoms with Crippen molar-refractivity contribution < 1.29 is 14.7 Å². The molecular formula is C16H28N2O3. The number of nitrogens with zero attached hydrogens (tertiary/aromatic N) is 1. The number of carbonyl (C=O) groups excluding carboxylic acids is 1. The monoisotopic (exact) mass is 296 g/mol. The zero-order valence-electron chi connectivity index (χ0n) is 13.2. The number of aliphatic carboxylic acids is 1. The van der Waals surface area contributed by atoms with Crippen molar-refractivity contribution in [3.05, 3.63) is 0 Å². The molecule has 5 nitrogen and oxygen atoms in total. The largest absolute Gasteiger partial charge is 0.481 e. The molecule has 0 aromatic heterocycles. The van der Waals surface area contributed by atoms with Crippen LogP contribution in [0.15, 0.2) is 0 Å². The minimum atomic E-state index is -0.690. The Labute approximate surface area is 127 Å². The first kappa shape index (κ1) is 16.3. The van der Waals surface area contributed by atoms with Gasteiger partial charge in [0.1, 0.15) is 0 Å². The first-order valence-corrected chi connectivity index (χ1v) is 8.18. The van der Waals surface area contributed by atoms with Gasteiger partial charge in [-0.05, 0) is 43.6 Å². The highest BCUT2D eigenvalue weighted by atomic mass is 16.4. The Morgan fingerprint density at radius 2 is 1.86 bits per heavy atom. The fourth-order valence-corrected chi connectivity index (χ4v) is 3.95. The van der Waals surface area contributed by atoms with Gasteiger partial charge in [0.25, 0.3) is 0 Å². The van der Waals surface area contributed by atoms with Crippen LogP contribution in [-0.2, 0) is 9.59 Å². The van der Waals surface area contributed by atoms with E-state index in [0.29, 0.717) is 24.9 Å². The first-order chi connectivity index (χ1) is 9.97. The molecule has 1 amide bonds. The summed E-state index contributed by atoms with van der Waals surface area (Å²) in [6, 6.07) is 0. The number of likely N-dealkylation sites (tertiary alicyclic amines) is 1. The highest BCUT2D eigenvalue weighted by molar-refractivity contribution is 5.78. The van der Waals surface area contributed by atoms with E-state index >= 15 is 0 Å². The van der Waals surface area contributed by atoms with Gasteiger partial charge in [0.2, 0.25) is 5.91 Å². The Kier molecular flexibility index (Phi) is 5.62. The van der Waals surface area contributed by atoms with Crippen LogP contribution in [0.3, 0.4) is 0 Å². The number of carboxylic acids is 1. The van der Waals surface area contributed by atoms with Crippen LogP contribution >= 0.6 is 0 Å². The molecule has 4 unspecified atom stereocenters. The van der Waals surface area contributed by atoms with E-state index < -0.39 is 5.97 Å². The second-order valence-electron chi connectivity index (χ2n) is 7.01. The van der Waals surface area contributed by atoms with Crippen molar-refractivity contribution in [1.82, 2.24) is 10.2 Å². The lowest BCUT2D eigenvalue weighted by molar-refractivity contribution is -0.142. The Bertz CT molecular complexity index is 376. The summed E-state index contributed by atoms with van der Waals surface area (Å²) in [5.41, 5.74) is 0. The highest BCUT2D eigenvalue weighted by Crippen LogP contribution is 2.31. The van der Waals surface area contributed by atoms with E-state index in [-0.39, 0.29) is 17.7 Å². The average Bonchev–Trinajstić information content (AvgIpc) is 2.86. The Morgan fingerprint density at radius 3 is 2.48 bits per heavy atom. The van der Waals surface area contributed by atoms with Crippen LogP contribution in [0.4, 0.5) is 0 Å². The molecule has 1 aliphatic heterocycles. The van der Waals surface area contributed by atoms with E-state index in [1.54, 1.807) is 0 Å². The fraction of sp³-hybridized carbons (Fsp3) is 0.875. The fourth-order valence-electron chi connectivity index (χ4n) is 3.95. The maximum Gasteiger partial charge on any atom is 0.306 e. The summed E-state index contributed by atoms with van der Waals surface area (Å²) in [5, 5.41) is 12.3.